The monoisotopic (exact) mass is 341 g/mol. The zero-order valence-corrected chi connectivity index (χ0v) is 14.9. The number of hydrogen-bond acceptors (Lipinski definition) is 5. The fourth-order valence-corrected chi connectivity index (χ4v) is 3.56. The van der Waals surface area contributed by atoms with Gasteiger partial charge in [-0.15, -0.1) is 12.4 Å². The largest absolute Gasteiger partial charge is 0.493 e. The number of hydrogen-bond donors (Lipinski definition) is 1. The Balaban J connectivity index is 0.00000192. The average molecular weight is 342 g/mol. The van der Waals surface area contributed by atoms with Crippen molar-refractivity contribution in [2.24, 2.45) is 0 Å². The van der Waals surface area contributed by atoms with Crippen LogP contribution < -0.4 is 14.8 Å². The highest BCUT2D eigenvalue weighted by Crippen LogP contribution is 2.31. The summed E-state index contributed by atoms with van der Waals surface area (Å²) >= 11 is 0. The van der Waals surface area contributed by atoms with Gasteiger partial charge in [-0.1, -0.05) is 12.1 Å². The van der Waals surface area contributed by atoms with E-state index in [2.05, 4.69) is 21.2 Å². The number of ether oxygens (including phenoxy) is 2. The lowest BCUT2D eigenvalue weighted by Crippen LogP contribution is -2.50. The molecule has 0 aromatic heterocycles. The van der Waals surface area contributed by atoms with Crippen LogP contribution in [0.15, 0.2) is 18.2 Å². The third-order valence-corrected chi connectivity index (χ3v) is 4.84. The summed E-state index contributed by atoms with van der Waals surface area (Å²) in [7, 11) is 3.41. The number of benzene rings is 1. The van der Waals surface area contributed by atoms with E-state index in [1.807, 2.05) is 12.1 Å². The molecule has 6 heteroatoms. The van der Waals surface area contributed by atoms with Gasteiger partial charge in [-0.25, -0.2) is 0 Å². The molecule has 0 aliphatic carbocycles. The van der Waals surface area contributed by atoms with E-state index in [1.54, 1.807) is 14.2 Å². The van der Waals surface area contributed by atoms with Gasteiger partial charge in [0.1, 0.15) is 0 Å². The average Bonchev–Trinajstić information content (AvgIpc) is 3.09. The molecule has 0 amide bonds. The highest BCUT2D eigenvalue weighted by molar-refractivity contribution is 5.85. The third kappa shape index (κ3) is 4.29. The predicted molar refractivity (Wildman–Crippen MR) is 94.9 cm³/mol. The molecule has 2 heterocycles. The fraction of sp³-hybridized carbons (Fsp3) is 0.647. The van der Waals surface area contributed by atoms with Crippen LogP contribution in [0.3, 0.4) is 0 Å². The summed E-state index contributed by atoms with van der Waals surface area (Å²) in [6, 6.07) is 6.87. The van der Waals surface area contributed by atoms with Crippen LogP contribution in [0, 0.1) is 0 Å². The summed E-state index contributed by atoms with van der Waals surface area (Å²) in [4.78, 5) is 5.15. The molecule has 1 unspecified atom stereocenters. The van der Waals surface area contributed by atoms with E-state index < -0.39 is 0 Å². The van der Waals surface area contributed by atoms with Gasteiger partial charge in [0.15, 0.2) is 11.5 Å². The minimum atomic E-state index is 0. The molecule has 2 saturated heterocycles. The van der Waals surface area contributed by atoms with Crippen LogP contribution in [0.2, 0.25) is 0 Å². The Morgan fingerprint density at radius 2 is 1.91 bits per heavy atom. The van der Waals surface area contributed by atoms with Crippen molar-refractivity contribution in [2.75, 3.05) is 53.5 Å². The van der Waals surface area contributed by atoms with Crippen molar-refractivity contribution in [1.29, 1.82) is 0 Å². The Bertz CT molecular complexity index is 487. The molecule has 3 rings (SSSR count). The SMILES string of the molecule is COc1cccc(CN2CCN(C3CCNC3)CC2)c1OC.Cl. The first-order chi connectivity index (χ1) is 10.8. The van der Waals surface area contributed by atoms with Crippen molar-refractivity contribution in [3.05, 3.63) is 23.8 Å². The summed E-state index contributed by atoms with van der Waals surface area (Å²) in [5, 5.41) is 3.46. The molecule has 2 fully saturated rings. The molecule has 2 aliphatic rings. The zero-order chi connectivity index (χ0) is 15.4. The quantitative estimate of drug-likeness (QED) is 0.880. The molecule has 0 bridgehead atoms. The van der Waals surface area contributed by atoms with Crippen LogP contribution in [0.5, 0.6) is 11.5 Å². The first kappa shape index (κ1) is 18.3. The smallest absolute Gasteiger partial charge is 0.165 e. The summed E-state index contributed by atoms with van der Waals surface area (Å²) in [6.45, 7) is 7.83. The van der Waals surface area contributed by atoms with Gasteiger partial charge in [0.2, 0.25) is 0 Å². The number of rotatable bonds is 5. The van der Waals surface area contributed by atoms with Crippen molar-refractivity contribution in [3.8, 4) is 11.5 Å². The number of piperazine rings is 1. The standard InChI is InChI=1S/C17H27N3O2.ClH/c1-21-16-5-3-4-14(17(16)22-2)13-19-8-10-20(11-9-19)15-6-7-18-12-15;/h3-5,15,18H,6-13H2,1-2H3;1H. The van der Waals surface area contributed by atoms with E-state index in [1.165, 1.54) is 31.6 Å². The molecule has 1 aromatic rings. The number of nitrogens with one attached hydrogen (secondary N) is 1. The van der Waals surface area contributed by atoms with E-state index in [0.717, 1.165) is 43.7 Å². The van der Waals surface area contributed by atoms with Gasteiger partial charge >= 0.3 is 0 Å². The highest BCUT2D eigenvalue weighted by atomic mass is 35.5. The third-order valence-electron chi connectivity index (χ3n) is 4.84. The Kier molecular flexibility index (Phi) is 6.96. The van der Waals surface area contributed by atoms with Crippen LogP contribution in [0.1, 0.15) is 12.0 Å². The van der Waals surface area contributed by atoms with Crippen LogP contribution in [-0.2, 0) is 6.54 Å². The van der Waals surface area contributed by atoms with E-state index in [0.29, 0.717) is 0 Å². The lowest BCUT2D eigenvalue weighted by molar-refractivity contribution is 0.0975. The minimum Gasteiger partial charge on any atom is -0.493 e. The van der Waals surface area contributed by atoms with Gasteiger partial charge in [0, 0.05) is 50.9 Å². The van der Waals surface area contributed by atoms with E-state index in [4.69, 9.17) is 9.47 Å². The fourth-order valence-electron chi connectivity index (χ4n) is 3.56. The van der Waals surface area contributed by atoms with Crippen molar-refractivity contribution in [1.82, 2.24) is 15.1 Å². The van der Waals surface area contributed by atoms with Gasteiger partial charge in [-0.05, 0) is 19.0 Å². The summed E-state index contributed by atoms with van der Waals surface area (Å²) < 4.78 is 10.9. The molecule has 0 saturated carbocycles. The van der Waals surface area contributed by atoms with Gasteiger partial charge in [0.25, 0.3) is 0 Å². The van der Waals surface area contributed by atoms with Crippen molar-refractivity contribution < 1.29 is 9.47 Å². The minimum absolute atomic E-state index is 0. The Labute approximate surface area is 145 Å². The molecular formula is C17H28ClN3O2. The van der Waals surface area contributed by atoms with Gasteiger partial charge in [-0.2, -0.15) is 0 Å². The van der Waals surface area contributed by atoms with Crippen LogP contribution in [0.4, 0.5) is 0 Å². The molecule has 1 aromatic carbocycles. The zero-order valence-electron chi connectivity index (χ0n) is 14.1. The second-order valence-corrected chi connectivity index (χ2v) is 6.11. The van der Waals surface area contributed by atoms with E-state index in [-0.39, 0.29) is 12.4 Å². The Morgan fingerprint density at radius 1 is 1.13 bits per heavy atom. The maximum atomic E-state index is 5.54. The second-order valence-electron chi connectivity index (χ2n) is 6.11. The van der Waals surface area contributed by atoms with Crippen molar-refractivity contribution in [2.45, 2.75) is 19.0 Å². The maximum Gasteiger partial charge on any atom is 0.165 e. The molecule has 1 N–H and O–H groups in total. The molecule has 2 aliphatic heterocycles. The lowest BCUT2D eigenvalue weighted by atomic mass is 10.1. The maximum absolute atomic E-state index is 5.54. The molecule has 23 heavy (non-hydrogen) atoms. The Hall–Kier alpha value is -1.01. The topological polar surface area (TPSA) is 37.0 Å². The van der Waals surface area contributed by atoms with E-state index >= 15 is 0 Å². The lowest BCUT2D eigenvalue weighted by Gasteiger charge is -2.38. The first-order valence-electron chi connectivity index (χ1n) is 8.19. The summed E-state index contributed by atoms with van der Waals surface area (Å²) in [6.07, 6.45) is 1.30. The number of halogens is 1. The van der Waals surface area contributed by atoms with Crippen LogP contribution >= 0.6 is 12.4 Å². The number of para-hydroxylation sites is 1. The molecule has 0 radical (unpaired) electrons. The number of methoxy groups -OCH3 is 2. The van der Waals surface area contributed by atoms with Crippen molar-refractivity contribution >= 4 is 12.4 Å². The van der Waals surface area contributed by atoms with Gasteiger partial charge in [0.05, 0.1) is 14.2 Å². The highest BCUT2D eigenvalue weighted by Gasteiger charge is 2.26. The van der Waals surface area contributed by atoms with Gasteiger partial charge in [-0.3, -0.25) is 9.80 Å². The normalized spacial score (nSPS) is 22.6. The van der Waals surface area contributed by atoms with E-state index in [9.17, 15) is 0 Å². The molecule has 1 atom stereocenters. The van der Waals surface area contributed by atoms with Crippen molar-refractivity contribution in [3.63, 3.8) is 0 Å². The second kappa shape index (κ2) is 8.73. The molecule has 0 spiro atoms. The molecule has 130 valence electrons. The molecule has 5 nitrogen and oxygen atoms in total. The predicted octanol–water partition coefficient (Wildman–Crippen LogP) is 1.61. The summed E-state index contributed by atoms with van der Waals surface area (Å²) in [5.41, 5.74) is 1.21. The van der Waals surface area contributed by atoms with Crippen LogP contribution in [-0.4, -0.2) is 69.3 Å². The summed E-state index contributed by atoms with van der Waals surface area (Å²) in [5.74, 6) is 1.68. The Morgan fingerprint density at radius 3 is 2.52 bits per heavy atom. The van der Waals surface area contributed by atoms with Crippen LogP contribution in [0.25, 0.3) is 0 Å². The molecular weight excluding hydrogens is 314 g/mol. The first-order valence-corrected chi connectivity index (χ1v) is 8.19. The van der Waals surface area contributed by atoms with Gasteiger partial charge < -0.3 is 14.8 Å². The number of nitrogens with zero attached hydrogens (tertiary/aromatic N) is 2.